The molecule has 0 aromatic heterocycles. The second-order valence-corrected chi connectivity index (χ2v) is 15.6. The zero-order chi connectivity index (χ0) is 34.9. The van der Waals surface area contributed by atoms with Crippen molar-refractivity contribution in [3.8, 4) is 0 Å². The Bertz CT molecular complexity index is 1400. The molecule has 0 amide bonds. The van der Waals surface area contributed by atoms with Gasteiger partial charge in [0.1, 0.15) is 0 Å². The quantitative estimate of drug-likeness (QED) is 0.180. The van der Waals surface area contributed by atoms with E-state index in [1.54, 1.807) is 44.5 Å². The predicted molar refractivity (Wildman–Crippen MR) is 211 cm³/mol. The molecule has 4 aromatic carbocycles. The van der Waals surface area contributed by atoms with Gasteiger partial charge in [0.05, 0.1) is 0 Å². The van der Waals surface area contributed by atoms with Crippen LogP contribution in [-0.4, -0.2) is 0 Å². The highest BCUT2D eigenvalue weighted by Gasteiger charge is 2.29. The maximum absolute atomic E-state index is 2.67. The third-order valence-electron chi connectivity index (χ3n) is 11.9. The summed E-state index contributed by atoms with van der Waals surface area (Å²) in [6.07, 6.45) is 9.37. The van der Waals surface area contributed by atoms with Crippen LogP contribution in [-0.2, 0) is 0 Å². The Morgan fingerprint density at radius 1 is 0.271 bits per heavy atom. The van der Waals surface area contributed by atoms with Gasteiger partial charge < -0.3 is 0 Å². The van der Waals surface area contributed by atoms with Crippen LogP contribution >= 0.6 is 0 Å². The summed E-state index contributed by atoms with van der Waals surface area (Å²) >= 11 is 0. The Labute approximate surface area is 294 Å². The Balaban J connectivity index is 1.96. The molecule has 4 aromatic rings. The zero-order valence-electron chi connectivity index (χ0n) is 32.6. The van der Waals surface area contributed by atoms with Gasteiger partial charge in [0.15, 0.2) is 0 Å². The lowest BCUT2D eigenvalue weighted by Crippen LogP contribution is -2.15. The smallest absolute Gasteiger partial charge is 0.00947 e. The maximum Gasteiger partial charge on any atom is 0.00947 e. The van der Waals surface area contributed by atoms with E-state index in [9.17, 15) is 0 Å². The van der Waals surface area contributed by atoms with Crippen LogP contribution in [0.4, 0.5) is 0 Å². The highest BCUT2D eigenvalue weighted by Crippen LogP contribution is 2.45. The molecule has 0 saturated heterocycles. The van der Waals surface area contributed by atoms with E-state index >= 15 is 0 Å². The zero-order valence-corrected chi connectivity index (χ0v) is 32.6. The van der Waals surface area contributed by atoms with Crippen LogP contribution in [0.15, 0.2) is 48.5 Å². The summed E-state index contributed by atoms with van der Waals surface area (Å²) in [5.74, 6) is 1.57. The van der Waals surface area contributed by atoms with E-state index in [1.165, 1.54) is 95.9 Å². The van der Waals surface area contributed by atoms with Crippen molar-refractivity contribution >= 4 is 0 Å². The normalized spacial score (nSPS) is 19.1. The first kappa shape index (κ1) is 36.2. The molecule has 0 saturated carbocycles. The first-order valence-electron chi connectivity index (χ1n) is 19.4. The average Bonchev–Trinajstić information content (AvgIpc) is 3.02. The Morgan fingerprint density at radius 2 is 0.417 bits per heavy atom. The molecule has 5 rings (SSSR count). The average molecular weight is 641 g/mol. The van der Waals surface area contributed by atoms with Gasteiger partial charge in [-0.3, -0.25) is 0 Å². The third-order valence-corrected chi connectivity index (χ3v) is 11.9. The minimum absolute atomic E-state index is 0.393. The van der Waals surface area contributed by atoms with Crippen LogP contribution in [0.5, 0.6) is 0 Å². The van der Waals surface area contributed by atoms with E-state index in [2.05, 4.69) is 132 Å². The van der Waals surface area contributed by atoms with Crippen molar-refractivity contribution in [2.45, 2.75) is 158 Å². The van der Waals surface area contributed by atoms with Crippen LogP contribution < -0.4 is 0 Å². The lowest BCUT2D eigenvalue weighted by Gasteiger charge is -2.31. The van der Waals surface area contributed by atoms with Crippen LogP contribution in [0.1, 0.15) is 192 Å². The molecule has 0 unspecified atom stereocenters. The highest BCUT2D eigenvalue weighted by molar-refractivity contribution is 5.56. The molecule has 0 radical (unpaired) electrons. The van der Waals surface area contributed by atoms with Crippen molar-refractivity contribution in [1.82, 2.24) is 0 Å². The van der Waals surface area contributed by atoms with Crippen molar-refractivity contribution in [1.29, 1.82) is 0 Å². The molecule has 256 valence electrons. The summed E-state index contributed by atoms with van der Waals surface area (Å²) in [4.78, 5) is 0. The Morgan fingerprint density at radius 3 is 0.542 bits per heavy atom. The summed E-state index contributed by atoms with van der Waals surface area (Å²) < 4.78 is 0. The molecule has 0 aliphatic heterocycles. The standard InChI is InChI=1S/C48H64/c1-13-17-37-41-25-43(31(7)21-29(41)5)38(18-14-2)45-27-47(35(11)23-33(45)9)40(20-16-4)48-28-46(34(10)24-36(48)12)39(19-15-3)44-26-42(37)30(6)22-32(44)8/h21-28,37-40H,13-20H2,1-12H3. The molecule has 1 aliphatic carbocycles. The molecule has 0 N–H and O–H groups in total. The summed E-state index contributed by atoms with van der Waals surface area (Å²) in [7, 11) is 0. The van der Waals surface area contributed by atoms with E-state index in [4.69, 9.17) is 0 Å². The molecule has 0 fully saturated rings. The lowest BCUT2D eigenvalue weighted by atomic mass is 9.73. The molecule has 8 bridgehead atoms. The van der Waals surface area contributed by atoms with Crippen molar-refractivity contribution in [3.63, 3.8) is 0 Å². The lowest BCUT2D eigenvalue weighted by molar-refractivity contribution is 0.656. The number of rotatable bonds is 8. The monoisotopic (exact) mass is 641 g/mol. The summed E-state index contributed by atoms with van der Waals surface area (Å²) in [6.45, 7) is 28.4. The summed E-state index contributed by atoms with van der Waals surface area (Å²) in [5, 5.41) is 0. The molecule has 0 nitrogen and oxygen atoms in total. The molecular weight excluding hydrogens is 577 g/mol. The van der Waals surface area contributed by atoms with Crippen molar-refractivity contribution < 1.29 is 0 Å². The van der Waals surface area contributed by atoms with Gasteiger partial charge in [0.2, 0.25) is 0 Å². The summed E-state index contributed by atoms with van der Waals surface area (Å²) in [5.41, 5.74) is 23.9. The van der Waals surface area contributed by atoms with Gasteiger partial charge in [0.25, 0.3) is 0 Å². The van der Waals surface area contributed by atoms with Crippen LogP contribution in [0.25, 0.3) is 0 Å². The molecule has 48 heavy (non-hydrogen) atoms. The van der Waals surface area contributed by atoms with Gasteiger partial charge in [-0.15, -0.1) is 0 Å². The molecule has 0 heterocycles. The number of hydrogen-bond acceptors (Lipinski definition) is 0. The minimum Gasteiger partial charge on any atom is -0.0653 e. The van der Waals surface area contributed by atoms with Crippen molar-refractivity contribution in [2.24, 2.45) is 0 Å². The largest absolute Gasteiger partial charge is 0.0653 e. The van der Waals surface area contributed by atoms with Crippen molar-refractivity contribution in [2.75, 3.05) is 0 Å². The van der Waals surface area contributed by atoms with E-state index < -0.39 is 0 Å². The fourth-order valence-electron chi connectivity index (χ4n) is 9.62. The van der Waals surface area contributed by atoms with E-state index in [-0.39, 0.29) is 0 Å². The summed E-state index contributed by atoms with van der Waals surface area (Å²) in [6, 6.07) is 20.7. The minimum atomic E-state index is 0.393. The number of benzene rings is 4. The van der Waals surface area contributed by atoms with Gasteiger partial charge in [-0.2, -0.15) is 0 Å². The third kappa shape index (κ3) is 6.84. The van der Waals surface area contributed by atoms with Gasteiger partial charge in [0, 0.05) is 23.7 Å². The number of hydrogen-bond donors (Lipinski definition) is 0. The molecule has 0 heteroatoms. The maximum atomic E-state index is 2.67. The van der Waals surface area contributed by atoms with Crippen LogP contribution in [0.2, 0.25) is 0 Å². The van der Waals surface area contributed by atoms with Gasteiger partial charge in [-0.25, -0.2) is 0 Å². The second kappa shape index (κ2) is 15.2. The van der Waals surface area contributed by atoms with Crippen molar-refractivity contribution in [3.05, 3.63) is 138 Å². The first-order valence-corrected chi connectivity index (χ1v) is 19.4. The van der Waals surface area contributed by atoms with Gasteiger partial charge in [-0.05, 0) is 170 Å². The second-order valence-electron chi connectivity index (χ2n) is 15.6. The van der Waals surface area contributed by atoms with Crippen LogP contribution in [0.3, 0.4) is 0 Å². The molecule has 0 spiro atoms. The van der Waals surface area contributed by atoms with Gasteiger partial charge >= 0.3 is 0 Å². The topological polar surface area (TPSA) is 0 Å². The first-order chi connectivity index (χ1) is 22.9. The van der Waals surface area contributed by atoms with E-state index in [0.717, 1.165) is 0 Å². The van der Waals surface area contributed by atoms with E-state index in [1.807, 2.05) is 0 Å². The predicted octanol–water partition coefficient (Wildman–Crippen LogP) is 14.2. The number of aryl methyl sites for hydroxylation is 8. The molecular formula is C48H64. The molecule has 0 atom stereocenters. The highest BCUT2D eigenvalue weighted by atomic mass is 14.3. The van der Waals surface area contributed by atoms with E-state index in [0.29, 0.717) is 23.7 Å². The fourth-order valence-corrected chi connectivity index (χ4v) is 9.62. The van der Waals surface area contributed by atoms with Crippen LogP contribution in [0, 0.1) is 55.4 Å². The Kier molecular flexibility index (Phi) is 11.4. The number of fused-ring (bicyclic) bond motifs is 8. The fraction of sp³-hybridized carbons (Fsp3) is 0.500. The molecule has 1 aliphatic rings. The SMILES string of the molecule is CCCC1c2cc(c(C)cc2C)C(CCC)c2cc(c(C)cc2C)C(CCC)c2cc(c(C)cc2C)C(CCC)c2cc1c(C)cc2C. The Hall–Kier alpha value is -3.12. The van der Waals surface area contributed by atoms with Gasteiger partial charge in [-0.1, -0.05) is 102 Å².